The zero-order valence-electron chi connectivity index (χ0n) is 16.0. The monoisotopic (exact) mass is 486 g/mol. The summed E-state index contributed by atoms with van der Waals surface area (Å²) < 4.78 is 11.7. The summed E-state index contributed by atoms with van der Waals surface area (Å²) in [7, 11) is 0. The predicted octanol–water partition coefficient (Wildman–Crippen LogP) is 5.02. The molecule has 4 rings (SSSR count). The average molecular weight is 487 g/mol. The van der Waals surface area contributed by atoms with Crippen LogP contribution in [0.25, 0.3) is 11.5 Å². The van der Waals surface area contributed by atoms with Gasteiger partial charge in [-0.25, -0.2) is 4.98 Å². The van der Waals surface area contributed by atoms with Crippen molar-refractivity contribution < 1.29 is 18.7 Å². The van der Waals surface area contributed by atoms with Crippen LogP contribution in [0.4, 0.5) is 4.79 Å². The zero-order valence-corrected chi connectivity index (χ0v) is 18.4. The molecule has 1 atom stereocenters. The largest absolute Gasteiger partial charge is 0.440 e. The quantitative estimate of drug-likeness (QED) is 0.416. The summed E-state index contributed by atoms with van der Waals surface area (Å²) in [5, 5.41) is -0.0523. The van der Waals surface area contributed by atoms with Crippen molar-refractivity contribution in [2.24, 2.45) is 0 Å². The fourth-order valence-corrected chi connectivity index (χ4v) is 4.34. The van der Waals surface area contributed by atoms with Crippen molar-refractivity contribution >= 4 is 38.0 Å². The first-order chi connectivity index (χ1) is 14.7. The first-order valence-electron chi connectivity index (χ1n) is 9.43. The molecule has 0 saturated carbocycles. The summed E-state index contributed by atoms with van der Waals surface area (Å²) in [6, 6.07) is 19.2. The minimum absolute atomic E-state index is 0.246. The van der Waals surface area contributed by atoms with Crippen LogP contribution >= 0.6 is 27.7 Å². The highest BCUT2D eigenvalue weighted by molar-refractivity contribution is 9.08. The molecule has 1 aliphatic heterocycles. The molecule has 0 bridgehead atoms. The van der Waals surface area contributed by atoms with Gasteiger partial charge in [-0.15, -0.1) is 0 Å². The molecule has 1 fully saturated rings. The molecule has 1 aliphatic rings. The minimum atomic E-state index is -0.893. The summed E-state index contributed by atoms with van der Waals surface area (Å²) in [5.74, 6) is 1.27. The van der Waals surface area contributed by atoms with Gasteiger partial charge >= 0.3 is 0 Å². The molecule has 0 radical (unpaired) electrons. The van der Waals surface area contributed by atoms with E-state index in [2.05, 4.69) is 20.9 Å². The predicted molar refractivity (Wildman–Crippen MR) is 118 cm³/mol. The second-order valence-electron chi connectivity index (χ2n) is 6.66. The van der Waals surface area contributed by atoms with E-state index in [-0.39, 0.29) is 17.0 Å². The third-order valence-electron chi connectivity index (χ3n) is 4.64. The lowest BCUT2D eigenvalue weighted by Crippen LogP contribution is -2.37. The maximum Gasteiger partial charge on any atom is 0.292 e. The molecular formula is C22H19BrN2O4S. The number of rotatable bonds is 8. The van der Waals surface area contributed by atoms with Gasteiger partial charge in [0, 0.05) is 30.3 Å². The standard InChI is InChI=1S/C22H19BrN2O4S/c23-13-18-17(24-19(29-18)16-9-5-2-6-10-16)11-12-28-20-21(26)30-22(27)25(20)14-15-7-3-1-4-8-15/h1-10,20H,11-14H2. The van der Waals surface area contributed by atoms with Crippen LogP contribution in [-0.2, 0) is 27.8 Å². The smallest absolute Gasteiger partial charge is 0.292 e. The Bertz CT molecular complexity index is 1030. The summed E-state index contributed by atoms with van der Waals surface area (Å²) in [4.78, 5) is 30.6. The number of hydrogen-bond acceptors (Lipinski definition) is 6. The Hall–Kier alpha value is -2.42. The van der Waals surface area contributed by atoms with Crippen molar-refractivity contribution in [3.05, 3.63) is 77.7 Å². The van der Waals surface area contributed by atoms with Crippen LogP contribution in [0, 0.1) is 0 Å². The number of halogens is 1. The van der Waals surface area contributed by atoms with Gasteiger partial charge in [0.2, 0.25) is 17.2 Å². The molecule has 1 aromatic heterocycles. The Labute approximate surface area is 186 Å². The van der Waals surface area contributed by atoms with Crippen LogP contribution in [0.1, 0.15) is 17.0 Å². The van der Waals surface area contributed by atoms with E-state index in [0.717, 1.165) is 22.6 Å². The van der Waals surface area contributed by atoms with Crippen molar-refractivity contribution in [2.45, 2.75) is 24.5 Å². The molecule has 2 heterocycles. The number of alkyl halides is 1. The number of nitrogens with zero attached hydrogens (tertiary/aromatic N) is 2. The fourth-order valence-electron chi connectivity index (χ4n) is 3.16. The van der Waals surface area contributed by atoms with Gasteiger partial charge in [0.15, 0.2) is 0 Å². The van der Waals surface area contributed by atoms with Crippen molar-refractivity contribution in [3.63, 3.8) is 0 Å². The number of ether oxygens (including phenoxy) is 1. The Morgan fingerprint density at radius 3 is 2.47 bits per heavy atom. The van der Waals surface area contributed by atoms with Gasteiger partial charge in [0.1, 0.15) is 5.76 Å². The number of aromatic nitrogens is 1. The summed E-state index contributed by atoms with van der Waals surface area (Å²) in [6.07, 6.45) is -0.422. The van der Waals surface area contributed by atoms with E-state index in [4.69, 9.17) is 9.15 Å². The SMILES string of the molecule is O=C1SC(=O)N(Cc2ccccc2)C1OCCc1nc(-c2ccccc2)oc1CBr. The number of amides is 1. The van der Waals surface area contributed by atoms with Gasteiger partial charge in [-0.3, -0.25) is 14.5 Å². The number of hydrogen-bond donors (Lipinski definition) is 0. The molecule has 8 heteroatoms. The zero-order chi connectivity index (χ0) is 20.9. The highest BCUT2D eigenvalue weighted by Crippen LogP contribution is 2.29. The van der Waals surface area contributed by atoms with E-state index in [0.29, 0.717) is 35.9 Å². The maximum absolute atomic E-state index is 12.3. The first-order valence-corrected chi connectivity index (χ1v) is 11.4. The van der Waals surface area contributed by atoms with Crippen LogP contribution < -0.4 is 0 Å². The second kappa shape index (κ2) is 9.59. The van der Waals surface area contributed by atoms with E-state index in [1.807, 2.05) is 60.7 Å². The van der Waals surface area contributed by atoms with E-state index in [1.54, 1.807) is 0 Å². The Balaban J connectivity index is 1.42. The fraction of sp³-hybridized carbons (Fsp3) is 0.227. The molecule has 154 valence electrons. The molecule has 0 spiro atoms. The van der Waals surface area contributed by atoms with E-state index < -0.39 is 6.23 Å². The third-order valence-corrected chi connectivity index (χ3v) is 5.96. The third kappa shape index (κ3) is 4.66. The number of oxazole rings is 1. The van der Waals surface area contributed by atoms with Gasteiger partial charge in [-0.2, -0.15) is 0 Å². The van der Waals surface area contributed by atoms with E-state index >= 15 is 0 Å². The molecule has 0 N–H and O–H groups in total. The van der Waals surface area contributed by atoms with E-state index in [1.165, 1.54) is 4.90 Å². The van der Waals surface area contributed by atoms with Gasteiger partial charge in [0.05, 0.1) is 17.6 Å². The van der Waals surface area contributed by atoms with Crippen LogP contribution in [0.2, 0.25) is 0 Å². The number of benzene rings is 2. The van der Waals surface area contributed by atoms with Crippen LogP contribution in [0.15, 0.2) is 65.1 Å². The second-order valence-corrected chi connectivity index (χ2v) is 8.18. The summed E-state index contributed by atoms with van der Waals surface area (Å²) >= 11 is 4.12. The topological polar surface area (TPSA) is 72.6 Å². The van der Waals surface area contributed by atoms with Crippen molar-refractivity contribution in [1.82, 2.24) is 9.88 Å². The minimum Gasteiger partial charge on any atom is -0.440 e. The average Bonchev–Trinajstić information content (AvgIpc) is 3.30. The molecule has 1 unspecified atom stereocenters. The Kier molecular flexibility index (Phi) is 6.66. The Morgan fingerprint density at radius 1 is 1.07 bits per heavy atom. The van der Waals surface area contributed by atoms with Crippen molar-refractivity contribution in [1.29, 1.82) is 0 Å². The lowest BCUT2D eigenvalue weighted by molar-refractivity contribution is -0.129. The molecule has 3 aromatic rings. The molecule has 6 nitrogen and oxygen atoms in total. The maximum atomic E-state index is 12.3. The Morgan fingerprint density at radius 2 is 1.77 bits per heavy atom. The molecule has 2 aromatic carbocycles. The van der Waals surface area contributed by atoms with Gasteiger partial charge < -0.3 is 9.15 Å². The first kappa shape index (κ1) is 20.8. The normalized spacial score (nSPS) is 16.4. The lowest BCUT2D eigenvalue weighted by atomic mass is 10.2. The van der Waals surface area contributed by atoms with Gasteiger partial charge in [-0.05, 0) is 17.7 Å². The summed E-state index contributed by atoms with van der Waals surface area (Å²) in [6.45, 7) is 0.578. The number of carbonyl (C=O) groups is 2. The molecular weight excluding hydrogens is 468 g/mol. The number of thioether (sulfide) groups is 1. The van der Waals surface area contributed by atoms with Crippen molar-refractivity contribution in [3.8, 4) is 11.5 Å². The number of carbonyl (C=O) groups excluding carboxylic acids is 2. The molecule has 30 heavy (non-hydrogen) atoms. The van der Waals surface area contributed by atoms with Gasteiger partial charge in [-0.1, -0.05) is 64.5 Å². The highest BCUT2D eigenvalue weighted by Gasteiger charge is 2.40. The van der Waals surface area contributed by atoms with Gasteiger partial charge in [0.25, 0.3) is 5.24 Å². The lowest BCUT2D eigenvalue weighted by Gasteiger charge is -2.22. The van der Waals surface area contributed by atoms with E-state index in [9.17, 15) is 9.59 Å². The van der Waals surface area contributed by atoms with Crippen LogP contribution in [0.3, 0.4) is 0 Å². The van der Waals surface area contributed by atoms with Crippen LogP contribution in [0.5, 0.6) is 0 Å². The molecule has 1 saturated heterocycles. The molecule has 0 aliphatic carbocycles. The molecule has 1 amide bonds. The highest BCUT2D eigenvalue weighted by atomic mass is 79.9. The van der Waals surface area contributed by atoms with Crippen LogP contribution in [-0.4, -0.2) is 33.1 Å². The summed E-state index contributed by atoms with van der Waals surface area (Å²) in [5.41, 5.74) is 2.61. The van der Waals surface area contributed by atoms with Crippen molar-refractivity contribution in [2.75, 3.05) is 6.61 Å².